The number of nitrogens with one attached hydrogen (secondary N) is 2. The second kappa shape index (κ2) is 7.94. The number of ether oxygens (including phenoxy) is 2. The molecule has 128 valence electrons. The van der Waals surface area contributed by atoms with Crippen LogP contribution in [0, 0.1) is 0 Å². The van der Waals surface area contributed by atoms with E-state index in [1.807, 2.05) is 24.3 Å². The fourth-order valence-electron chi connectivity index (χ4n) is 2.61. The number of hydrogen-bond acceptors (Lipinski definition) is 3. The van der Waals surface area contributed by atoms with E-state index in [4.69, 9.17) is 15.2 Å². The number of amides is 1. The summed E-state index contributed by atoms with van der Waals surface area (Å²) < 4.78 is 11.0. The molecule has 1 saturated heterocycles. The summed E-state index contributed by atoms with van der Waals surface area (Å²) in [6.45, 7) is 1.66. The molecule has 3 rings (SSSR count). The lowest BCUT2D eigenvalue weighted by Crippen LogP contribution is -2.36. The predicted octanol–water partition coefficient (Wildman–Crippen LogP) is 1.76. The van der Waals surface area contributed by atoms with Crippen molar-refractivity contribution in [3.63, 3.8) is 0 Å². The third-order valence-corrected chi connectivity index (χ3v) is 3.83. The van der Waals surface area contributed by atoms with Crippen LogP contribution < -0.4 is 11.1 Å². The highest BCUT2D eigenvalue weighted by molar-refractivity contribution is 6.03. The van der Waals surface area contributed by atoms with Crippen LogP contribution in [0.4, 0.5) is 0 Å². The number of benzene rings is 1. The average Bonchev–Trinajstić information content (AvgIpc) is 3.04. The molecule has 1 aliphatic heterocycles. The van der Waals surface area contributed by atoms with Gasteiger partial charge < -0.3 is 25.5 Å². The van der Waals surface area contributed by atoms with Gasteiger partial charge in [0.2, 0.25) is 0 Å². The third-order valence-electron chi connectivity index (χ3n) is 3.83. The molecule has 1 unspecified atom stereocenters. The number of para-hydroxylation sites is 1. The van der Waals surface area contributed by atoms with E-state index in [-0.39, 0.29) is 12.2 Å². The molecule has 0 radical (unpaired) electrons. The van der Waals surface area contributed by atoms with E-state index in [0.717, 1.165) is 36.8 Å². The Morgan fingerprint density at radius 2 is 2.29 bits per heavy atom. The lowest BCUT2D eigenvalue weighted by molar-refractivity contribution is -0.160. The summed E-state index contributed by atoms with van der Waals surface area (Å²) >= 11 is 0. The molecule has 2 heterocycles. The fourth-order valence-corrected chi connectivity index (χ4v) is 2.61. The topological polar surface area (TPSA) is 102 Å². The van der Waals surface area contributed by atoms with E-state index < -0.39 is 5.91 Å². The minimum Gasteiger partial charge on any atom is -0.370 e. The molecule has 0 saturated carbocycles. The second-order valence-electron chi connectivity index (χ2n) is 5.67. The maximum absolute atomic E-state index is 12.1. The summed E-state index contributed by atoms with van der Waals surface area (Å²) in [6.07, 6.45) is 3.00. The van der Waals surface area contributed by atoms with Crippen LogP contribution in [0.25, 0.3) is 10.9 Å². The predicted molar refractivity (Wildman–Crippen MR) is 91.8 cm³/mol. The summed E-state index contributed by atoms with van der Waals surface area (Å²) in [6, 6.07) is 9.42. The first kappa shape index (κ1) is 16.5. The van der Waals surface area contributed by atoms with Gasteiger partial charge in [-0.2, -0.15) is 4.99 Å². The zero-order valence-electron chi connectivity index (χ0n) is 13.5. The first-order chi connectivity index (χ1) is 11.7. The fraction of sp³-hybridized carbons (Fsp3) is 0.412. The van der Waals surface area contributed by atoms with E-state index >= 15 is 0 Å². The van der Waals surface area contributed by atoms with Crippen LogP contribution in [0.1, 0.15) is 29.8 Å². The number of nitrogens with two attached hydrogens (primary N) is 1. The van der Waals surface area contributed by atoms with Crippen LogP contribution in [-0.4, -0.2) is 42.9 Å². The Hall–Kier alpha value is -2.38. The summed E-state index contributed by atoms with van der Waals surface area (Å²) in [5.41, 5.74) is 7.04. The number of carbonyl (C=O) groups excluding carboxylic acids is 1. The SMILES string of the molecule is NC(=NC(=O)c1cc2ccccc2[nH]1)NCCOC1CCCCO1. The molecular weight excluding hydrogens is 308 g/mol. The molecule has 1 aliphatic rings. The highest BCUT2D eigenvalue weighted by atomic mass is 16.7. The van der Waals surface area contributed by atoms with Crippen LogP contribution in [0.3, 0.4) is 0 Å². The summed E-state index contributed by atoms with van der Waals surface area (Å²) in [5, 5.41) is 3.83. The molecule has 24 heavy (non-hydrogen) atoms. The molecule has 0 aliphatic carbocycles. The number of carbonyl (C=O) groups is 1. The molecule has 1 aromatic carbocycles. The smallest absolute Gasteiger partial charge is 0.296 e. The first-order valence-electron chi connectivity index (χ1n) is 8.16. The Morgan fingerprint density at radius 1 is 1.42 bits per heavy atom. The number of aromatic amines is 1. The van der Waals surface area contributed by atoms with E-state index in [9.17, 15) is 4.79 Å². The van der Waals surface area contributed by atoms with Gasteiger partial charge in [-0.1, -0.05) is 18.2 Å². The molecule has 0 spiro atoms. The van der Waals surface area contributed by atoms with Gasteiger partial charge in [0, 0.05) is 24.1 Å². The summed E-state index contributed by atoms with van der Waals surface area (Å²) in [7, 11) is 0. The zero-order chi connectivity index (χ0) is 16.8. The largest absolute Gasteiger partial charge is 0.370 e. The zero-order valence-corrected chi connectivity index (χ0v) is 13.5. The van der Waals surface area contributed by atoms with Crippen molar-refractivity contribution in [2.75, 3.05) is 19.8 Å². The highest BCUT2D eigenvalue weighted by Gasteiger charge is 2.13. The number of rotatable bonds is 5. The number of hydrogen-bond donors (Lipinski definition) is 3. The van der Waals surface area contributed by atoms with E-state index in [1.54, 1.807) is 6.07 Å². The molecule has 4 N–H and O–H groups in total. The standard InChI is InChI=1S/C17H22N4O3/c18-17(19-8-10-24-15-7-3-4-9-23-15)21-16(22)14-11-12-5-1-2-6-13(12)20-14/h1-2,5-6,11,15,20H,3-4,7-10H2,(H3,18,19,21,22). The number of fused-ring (bicyclic) bond motifs is 1. The van der Waals surface area contributed by atoms with Gasteiger partial charge in [-0.05, 0) is 31.4 Å². The van der Waals surface area contributed by atoms with Gasteiger partial charge in [0.05, 0.1) is 6.61 Å². The molecular formula is C17H22N4O3. The average molecular weight is 330 g/mol. The minimum absolute atomic E-state index is 0.0758. The van der Waals surface area contributed by atoms with Crippen molar-refractivity contribution in [3.05, 3.63) is 36.0 Å². The van der Waals surface area contributed by atoms with Crippen molar-refractivity contribution >= 4 is 22.8 Å². The quantitative estimate of drug-likeness (QED) is 0.440. The van der Waals surface area contributed by atoms with Gasteiger partial charge in [-0.25, -0.2) is 0 Å². The summed E-state index contributed by atoms with van der Waals surface area (Å²) in [4.78, 5) is 19.0. The molecule has 0 bridgehead atoms. The van der Waals surface area contributed by atoms with Crippen LogP contribution in [0.5, 0.6) is 0 Å². The van der Waals surface area contributed by atoms with E-state index in [2.05, 4.69) is 15.3 Å². The lowest BCUT2D eigenvalue weighted by Gasteiger charge is -2.22. The van der Waals surface area contributed by atoms with Crippen molar-refractivity contribution in [3.8, 4) is 0 Å². The highest BCUT2D eigenvalue weighted by Crippen LogP contribution is 2.15. The van der Waals surface area contributed by atoms with Gasteiger partial charge in [0.15, 0.2) is 12.2 Å². The second-order valence-corrected chi connectivity index (χ2v) is 5.67. The Bertz CT molecular complexity index is 686. The van der Waals surface area contributed by atoms with Crippen LogP contribution in [-0.2, 0) is 9.47 Å². The van der Waals surface area contributed by atoms with Crippen molar-refractivity contribution in [2.45, 2.75) is 25.6 Å². The maximum atomic E-state index is 12.1. The van der Waals surface area contributed by atoms with Gasteiger partial charge in [0.25, 0.3) is 5.91 Å². The number of H-pyrrole nitrogens is 1. The maximum Gasteiger partial charge on any atom is 0.296 e. The van der Waals surface area contributed by atoms with E-state index in [1.165, 1.54) is 0 Å². The number of guanidine groups is 1. The normalized spacial score (nSPS) is 18.7. The Labute approximate surface area is 140 Å². The molecule has 1 fully saturated rings. The van der Waals surface area contributed by atoms with E-state index in [0.29, 0.717) is 18.8 Å². The summed E-state index contributed by atoms with van der Waals surface area (Å²) in [5.74, 6) is -0.334. The van der Waals surface area contributed by atoms with Crippen molar-refractivity contribution < 1.29 is 14.3 Å². The van der Waals surface area contributed by atoms with Crippen molar-refractivity contribution in [1.82, 2.24) is 10.3 Å². The van der Waals surface area contributed by atoms with Crippen LogP contribution in [0.15, 0.2) is 35.3 Å². The molecule has 1 atom stereocenters. The molecule has 2 aromatic rings. The van der Waals surface area contributed by atoms with Gasteiger partial charge in [-0.15, -0.1) is 0 Å². The van der Waals surface area contributed by atoms with Gasteiger partial charge in [0.1, 0.15) is 5.69 Å². The molecule has 7 heteroatoms. The monoisotopic (exact) mass is 330 g/mol. The Kier molecular flexibility index (Phi) is 5.45. The first-order valence-corrected chi connectivity index (χ1v) is 8.16. The van der Waals surface area contributed by atoms with Crippen molar-refractivity contribution in [2.24, 2.45) is 10.7 Å². The number of aliphatic imine (C=N–C) groups is 1. The van der Waals surface area contributed by atoms with Gasteiger partial charge in [-0.3, -0.25) is 4.79 Å². The Balaban J connectivity index is 1.46. The molecule has 1 aromatic heterocycles. The van der Waals surface area contributed by atoms with Crippen LogP contribution in [0.2, 0.25) is 0 Å². The third kappa shape index (κ3) is 4.33. The number of nitrogens with zero attached hydrogens (tertiary/aromatic N) is 1. The lowest BCUT2D eigenvalue weighted by atomic mass is 10.2. The molecule has 7 nitrogen and oxygen atoms in total. The number of aromatic nitrogens is 1. The minimum atomic E-state index is -0.410. The Morgan fingerprint density at radius 3 is 3.08 bits per heavy atom. The van der Waals surface area contributed by atoms with Crippen molar-refractivity contribution in [1.29, 1.82) is 0 Å². The van der Waals surface area contributed by atoms with Crippen LogP contribution >= 0.6 is 0 Å². The van der Waals surface area contributed by atoms with Gasteiger partial charge >= 0.3 is 0 Å². The molecule has 1 amide bonds.